The van der Waals surface area contributed by atoms with Gasteiger partial charge in [-0.15, -0.1) is 0 Å². The van der Waals surface area contributed by atoms with E-state index in [4.69, 9.17) is 5.11 Å². The van der Waals surface area contributed by atoms with Gasteiger partial charge in [-0.25, -0.2) is 4.79 Å². The summed E-state index contributed by atoms with van der Waals surface area (Å²) in [6.07, 6.45) is 0. The molecule has 0 aliphatic carbocycles. The molecule has 0 aromatic heterocycles. The van der Waals surface area contributed by atoms with Crippen LogP contribution in [0.3, 0.4) is 0 Å². The van der Waals surface area contributed by atoms with Crippen molar-refractivity contribution in [1.82, 2.24) is 0 Å². The maximum atomic E-state index is 10.3. The van der Waals surface area contributed by atoms with Crippen LogP contribution in [0.4, 0.5) is 0 Å². The van der Waals surface area contributed by atoms with Crippen molar-refractivity contribution in [2.75, 3.05) is 40.6 Å². The fraction of sp³-hybridized carbons (Fsp3) is 0.875. The summed E-state index contributed by atoms with van der Waals surface area (Å²) in [5, 5.41) is 7.94. The minimum Gasteiger partial charge on any atom is -0.464 e. The van der Waals surface area contributed by atoms with Crippen molar-refractivity contribution < 1.29 is 24.1 Å². The van der Waals surface area contributed by atoms with Crippen LogP contribution in [0.2, 0.25) is 0 Å². The molecule has 0 heterocycles. The fourth-order valence-corrected chi connectivity index (χ4v) is 0.412. The number of hydrogen-bond donors (Lipinski definition) is 1. The van der Waals surface area contributed by atoms with Crippen LogP contribution in [0.5, 0.6) is 0 Å². The zero-order chi connectivity index (χ0) is 10.5. The van der Waals surface area contributed by atoms with Crippen molar-refractivity contribution in [1.29, 1.82) is 0 Å². The molecule has 0 saturated heterocycles. The maximum Gasteiger partial charge on any atom is 0.332 e. The topological polar surface area (TPSA) is 65.0 Å². The number of rotatable bonds is 5. The largest absolute Gasteiger partial charge is 0.464 e. The van der Waals surface area contributed by atoms with Crippen LogP contribution in [-0.2, 0) is 19.0 Å². The molecule has 0 rings (SSSR count). The summed E-state index contributed by atoms with van der Waals surface area (Å²) < 4.78 is 13.4. The highest BCUT2D eigenvalue weighted by atomic mass is 16.6. The average molecular weight is 194 g/mol. The summed E-state index contributed by atoms with van der Waals surface area (Å²) in [4.78, 5) is 10.3. The van der Waals surface area contributed by atoms with E-state index >= 15 is 0 Å². The highest BCUT2D eigenvalue weighted by Crippen LogP contribution is 1.76. The number of aliphatic hydroxyl groups is 1. The average Bonchev–Trinajstić information content (AvgIpc) is 2.08. The summed E-state index contributed by atoms with van der Waals surface area (Å²) >= 11 is 0. The lowest BCUT2D eigenvalue weighted by Crippen LogP contribution is -2.10. The molecule has 0 bridgehead atoms. The van der Waals surface area contributed by atoms with E-state index in [1.165, 1.54) is 7.11 Å². The Morgan fingerprint density at radius 1 is 1.31 bits per heavy atom. The number of carbonyl (C=O) groups is 1. The second kappa shape index (κ2) is 13.9. The first-order chi connectivity index (χ1) is 6.22. The Balaban J connectivity index is 0. The summed E-state index contributed by atoms with van der Waals surface area (Å²) in [5.41, 5.74) is 0. The van der Waals surface area contributed by atoms with Crippen LogP contribution >= 0.6 is 0 Å². The van der Waals surface area contributed by atoms with Crippen molar-refractivity contribution in [3.8, 4) is 0 Å². The molecule has 0 unspecified atom stereocenters. The zero-order valence-corrected chi connectivity index (χ0v) is 8.41. The van der Waals surface area contributed by atoms with Gasteiger partial charge in [0.15, 0.2) is 0 Å². The first-order valence-electron chi connectivity index (χ1n) is 3.97. The molecule has 5 nitrogen and oxygen atoms in total. The van der Waals surface area contributed by atoms with Gasteiger partial charge in [0.25, 0.3) is 0 Å². The van der Waals surface area contributed by atoms with Crippen LogP contribution in [-0.4, -0.2) is 51.7 Å². The van der Waals surface area contributed by atoms with E-state index in [1.807, 2.05) is 0 Å². The SMILES string of the molecule is CCOC(=O)COC.COCCO. The van der Waals surface area contributed by atoms with Gasteiger partial charge in [0.2, 0.25) is 0 Å². The van der Waals surface area contributed by atoms with Gasteiger partial charge in [0, 0.05) is 14.2 Å². The molecule has 0 aliphatic heterocycles. The van der Waals surface area contributed by atoms with Gasteiger partial charge in [0.1, 0.15) is 6.61 Å². The molecule has 0 amide bonds. The Morgan fingerprint density at radius 2 is 1.92 bits per heavy atom. The third-order valence-electron chi connectivity index (χ3n) is 0.863. The van der Waals surface area contributed by atoms with E-state index < -0.39 is 0 Å². The molecule has 0 atom stereocenters. The number of ether oxygens (including phenoxy) is 3. The van der Waals surface area contributed by atoms with E-state index in [-0.39, 0.29) is 19.2 Å². The smallest absolute Gasteiger partial charge is 0.332 e. The van der Waals surface area contributed by atoms with Crippen LogP contribution < -0.4 is 0 Å². The molecule has 0 saturated carbocycles. The highest BCUT2D eigenvalue weighted by Gasteiger charge is 1.96. The van der Waals surface area contributed by atoms with E-state index in [1.54, 1.807) is 14.0 Å². The summed E-state index contributed by atoms with van der Waals surface area (Å²) in [7, 11) is 3.01. The molecule has 0 radical (unpaired) electrons. The third kappa shape index (κ3) is 18.4. The van der Waals surface area contributed by atoms with Gasteiger partial charge in [-0.2, -0.15) is 0 Å². The van der Waals surface area contributed by atoms with Crippen molar-refractivity contribution in [3.63, 3.8) is 0 Å². The Labute approximate surface area is 78.6 Å². The van der Waals surface area contributed by atoms with Crippen molar-refractivity contribution in [2.24, 2.45) is 0 Å². The number of hydrogen-bond acceptors (Lipinski definition) is 5. The second-order valence-corrected chi connectivity index (χ2v) is 1.95. The van der Waals surface area contributed by atoms with Gasteiger partial charge in [-0.1, -0.05) is 0 Å². The van der Waals surface area contributed by atoms with E-state index in [0.717, 1.165) is 0 Å². The number of methoxy groups -OCH3 is 2. The number of aliphatic hydroxyl groups excluding tert-OH is 1. The quantitative estimate of drug-likeness (QED) is 0.615. The molecule has 1 N–H and O–H groups in total. The molecule has 80 valence electrons. The van der Waals surface area contributed by atoms with Crippen molar-refractivity contribution in [2.45, 2.75) is 6.92 Å². The zero-order valence-electron chi connectivity index (χ0n) is 8.41. The van der Waals surface area contributed by atoms with Gasteiger partial charge in [-0.05, 0) is 6.92 Å². The van der Waals surface area contributed by atoms with E-state index in [0.29, 0.717) is 13.2 Å². The van der Waals surface area contributed by atoms with Gasteiger partial charge in [-0.3, -0.25) is 0 Å². The molecule has 0 aliphatic rings. The minimum atomic E-state index is -0.310. The van der Waals surface area contributed by atoms with Crippen molar-refractivity contribution >= 4 is 5.97 Å². The van der Waals surface area contributed by atoms with Gasteiger partial charge in [0.05, 0.1) is 19.8 Å². The highest BCUT2D eigenvalue weighted by molar-refractivity contribution is 5.70. The minimum absolute atomic E-state index is 0.0494. The molecule has 13 heavy (non-hydrogen) atoms. The van der Waals surface area contributed by atoms with Crippen LogP contribution in [0.15, 0.2) is 0 Å². The standard InChI is InChI=1S/C5H10O3.C3H8O2/c1-3-8-5(6)4-7-2;1-5-3-2-4/h3-4H2,1-2H3;4H,2-3H2,1H3. The third-order valence-corrected chi connectivity index (χ3v) is 0.863. The molecular formula is C8H18O5. The monoisotopic (exact) mass is 194 g/mol. The normalized spacial score (nSPS) is 8.62. The maximum absolute atomic E-state index is 10.3. The first-order valence-corrected chi connectivity index (χ1v) is 3.97. The summed E-state index contributed by atoms with van der Waals surface area (Å²) in [5.74, 6) is -0.310. The Morgan fingerprint density at radius 3 is 2.15 bits per heavy atom. The molecule has 0 aromatic carbocycles. The Kier molecular flexibility index (Phi) is 15.9. The predicted molar refractivity (Wildman–Crippen MR) is 47.5 cm³/mol. The van der Waals surface area contributed by atoms with Crippen molar-refractivity contribution in [3.05, 3.63) is 0 Å². The van der Waals surface area contributed by atoms with E-state index in [9.17, 15) is 4.79 Å². The molecular weight excluding hydrogens is 176 g/mol. The Hall–Kier alpha value is -0.650. The second-order valence-electron chi connectivity index (χ2n) is 1.95. The van der Waals surface area contributed by atoms with Crippen LogP contribution in [0, 0.1) is 0 Å². The molecule has 0 aromatic rings. The molecule has 0 fully saturated rings. The Bertz CT molecular complexity index is 94.7. The number of carbonyl (C=O) groups excluding carboxylic acids is 1. The summed E-state index contributed by atoms with van der Waals surface area (Å²) in [6.45, 7) is 2.79. The summed E-state index contributed by atoms with van der Waals surface area (Å²) in [6, 6.07) is 0. The molecule has 5 heteroatoms. The lowest BCUT2D eigenvalue weighted by molar-refractivity contribution is -0.147. The van der Waals surface area contributed by atoms with E-state index in [2.05, 4.69) is 14.2 Å². The lowest BCUT2D eigenvalue weighted by atomic mass is 10.7. The number of esters is 1. The lowest BCUT2D eigenvalue weighted by Gasteiger charge is -1.97. The first kappa shape index (κ1) is 14.9. The molecule has 0 spiro atoms. The van der Waals surface area contributed by atoms with Crippen LogP contribution in [0.1, 0.15) is 6.92 Å². The van der Waals surface area contributed by atoms with Gasteiger partial charge >= 0.3 is 5.97 Å². The fourth-order valence-electron chi connectivity index (χ4n) is 0.412. The predicted octanol–water partition coefficient (Wildman–Crippen LogP) is -0.179. The van der Waals surface area contributed by atoms with Crippen LogP contribution in [0.25, 0.3) is 0 Å². The van der Waals surface area contributed by atoms with Gasteiger partial charge < -0.3 is 19.3 Å².